The molecule has 0 aliphatic heterocycles. The third-order valence-electron chi connectivity index (χ3n) is 7.38. The Balaban J connectivity index is 2.03. The number of rotatable bonds is 11. The molecule has 0 fully saturated rings. The van der Waals surface area contributed by atoms with Crippen molar-refractivity contribution < 1.29 is 19.7 Å². The first-order valence-corrected chi connectivity index (χ1v) is 13.7. The number of pyridine rings is 2. The highest BCUT2D eigenvalue weighted by Gasteiger charge is 2.37. The molecule has 0 bridgehead atoms. The summed E-state index contributed by atoms with van der Waals surface area (Å²) in [7, 11) is 0. The van der Waals surface area contributed by atoms with Gasteiger partial charge in [0.25, 0.3) is 5.56 Å². The molecule has 3 aromatic rings. The number of hydrogen-bond acceptors (Lipinski definition) is 5. The van der Waals surface area contributed by atoms with Crippen molar-refractivity contribution in [2.75, 3.05) is 6.61 Å². The molecule has 2 aromatic heterocycles. The molecule has 2 N–H and O–H groups in total. The topological polar surface area (TPSA) is 102 Å². The first-order valence-electron chi connectivity index (χ1n) is 13.7. The van der Waals surface area contributed by atoms with Crippen LogP contribution in [-0.2, 0) is 19.4 Å². The molecule has 1 aliphatic rings. The second kappa shape index (κ2) is 11.8. The lowest BCUT2D eigenvalue weighted by Gasteiger charge is -2.33. The van der Waals surface area contributed by atoms with Crippen LogP contribution in [0, 0.1) is 5.92 Å². The minimum absolute atomic E-state index is 0.0846. The van der Waals surface area contributed by atoms with Gasteiger partial charge in [-0.15, -0.1) is 0 Å². The predicted molar refractivity (Wildman–Crippen MR) is 148 cm³/mol. The van der Waals surface area contributed by atoms with E-state index in [2.05, 4.69) is 19.9 Å². The van der Waals surface area contributed by atoms with Gasteiger partial charge in [0.15, 0.2) is 5.56 Å². The van der Waals surface area contributed by atoms with Crippen LogP contribution in [0.3, 0.4) is 0 Å². The number of aryl methyl sites for hydroxylation is 1. The molecular formula is C31H38N2O5. The van der Waals surface area contributed by atoms with Crippen LogP contribution in [0.15, 0.2) is 41.2 Å². The van der Waals surface area contributed by atoms with Gasteiger partial charge in [0.2, 0.25) is 0 Å². The zero-order valence-corrected chi connectivity index (χ0v) is 22.8. The number of unbranched alkanes of at least 4 members (excludes halogenated alkanes) is 2. The van der Waals surface area contributed by atoms with E-state index in [4.69, 9.17) is 9.72 Å². The van der Waals surface area contributed by atoms with Gasteiger partial charge >= 0.3 is 5.97 Å². The lowest BCUT2D eigenvalue weighted by molar-refractivity contribution is 0.0690. The number of carbonyl (C=O) groups is 1. The summed E-state index contributed by atoms with van der Waals surface area (Å²) in [5, 5.41) is 21.2. The number of carboxylic acid groups (broad SMARTS) is 1. The molecule has 0 spiro atoms. The summed E-state index contributed by atoms with van der Waals surface area (Å²) in [5.74, 6) is -1.20. The number of aromatic carboxylic acids is 1. The summed E-state index contributed by atoms with van der Waals surface area (Å²) in [6.45, 7) is 9.14. The quantitative estimate of drug-likeness (QED) is 0.294. The number of fused-ring (bicyclic) bond motifs is 3. The van der Waals surface area contributed by atoms with Gasteiger partial charge in [0, 0.05) is 5.56 Å². The van der Waals surface area contributed by atoms with Crippen molar-refractivity contribution >= 4 is 5.97 Å². The summed E-state index contributed by atoms with van der Waals surface area (Å²) >= 11 is 0. The van der Waals surface area contributed by atoms with E-state index in [9.17, 15) is 19.8 Å². The molecule has 1 aromatic carbocycles. The average molecular weight is 519 g/mol. The zero-order valence-electron chi connectivity index (χ0n) is 22.8. The fourth-order valence-electron chi connectivity index (χ4n) is 5.26. The molecule has 1 unspecified atom stereocenters. The Morgan fingerprint density at radius 1 is 1.16 bits per heavy atom. The minimum Gasteiger partial charge on any atom is -0.506 e. The fourth-order valence-corrected chi connectivity index (χ4v) is 5.26. The lowest BCUT2D eigenvalue weighted by atomic mass is 9.76. The molecule has 0 amide bonds. The molecule has 4 rings (SSSR count). The first kappa shape index (κ1) is 27.4. The Bertz CT molecular complexity index is 1360. The maximum Gasteiger partial charge on any atom is 0.345 e. The normalized spacial score (nSPS) is 14.3. The number of hydrogen-bond donors (Lipinski definition) is 2. The number of ether oxygens (including phenoxy) is 1. The number of nitrogens with zero attached hydrogens (tertiary/aromatic N) is 2. The van der Waals surface area contributed by atoms with Gasteiger partial charge in [-0.1, -0.05) is 70.9 Å². The number of benzene rings is 1. The lowest BCUT2D eigenvalue weighted by Crippen LogP contribution is -2.33. The van der Waals surface area contributed by atoms with E-state index < -0.39 is 22.8 Å². The second-order valence-corrected chi connectivity index (χ2v) is 10.5. The van der Waals surface area contributed by atoms with Crippen LogP contribution in [0.5, 0.6) is 11.5 Å². The van der Waals surface area contributed by atoms with Gasteiger partial charge in [-0.2, -0.15) is 0 Å². The smallest absolute Gasteiger partial charge is 0.345 e. The summed E-state index contributed by atoms with van der Waals surface area (Å²) in [6.07, 6.45) is 5.22. The Kier molecular flexibility index (Phi) is 8.55. The maximum absolute atomic E-state index is 13.7. The van der Waals surface area contributed by atoms with Crippen LogP contribution < -0.4 is 10.3 Å². The summed E-state index contributed by atoms with van der Waals surface area (Å²) < 4.78 is 7.69. The van der Waals surface area contributed by atoms with Gasteiger partial charge in [-0.3, -0.25) is 4.79 Å². The highest BCUT2D eigenvalue weighted by atomic mass is 16.5. The van der Waals surface area contributed by atoms with Crippen molar-refractivity contribution in [2.24, 2.45) is 5.92 Å². The molecule has 1 atom stereocenters. The van der Waals surface area contributed by atoms with Gasteiger partial charge in [0.1, 0.15) is 11.5 Å². The molecule has 0 saturated carbocycles. The largest absolute Gasteiger partial charge is 0.506 e. The van der Waals surface area contributed by atoms with Crippen LogP contribution in [0.4, 0.5) is 0 Å². The number of aromatic hydroxyl groups is 1. The number of aromatic nitrogens is 2. The van der Waals surface area contributed by atoms with Crippen molar-refractivity contribution in [3.63, 3.8) is 0 Å². The molecule has 0 radical (unpaired) electrons. The van der Waals surface area contributed by atoms with Crippen LogP contribution in [0.25, 0.3) is 11.4 Å². The highest BCUT2D eigenvalue weighted by molar-refractivity contribution is 5.92. The van der Waals surface area contributed by atoms with Gasteiger partial charge < -0.3 is 19.5 Å². The van der Waals surface area contributed by atoms with Crippen LogP contribution in [-0.4, -0.2) is 32.3 Å². The first-order chi connectivity index (χ1) is 18.3. The standard InChI is InChI=1S/C31H38N2O5/c1-5-7-14-23-24(38-15-8-6-2)17-21-16-22(19(3)4)25-28(27(21)32-23)33(18-20-12-10-9-11-13-20)30(35)26(29(25)34)31(36)37/h9-13,17,19,22,34H,5-8,14-16,18H2,1-4H3,(H,36,37). The van der Waals surface area contributed by atoms with E-state index in [-0.39, 0.29) is 18.4 Å². The minimum atomic E-state index is -1.43. The summed E-state index contributed by atoms with van der Waals surface area (Å²) in [5.41, 5.74) is 2.97. The van der Waals surface area contributed by atoms with E-state index in [1.807, 2.05) is 44.2 Å². The van der Waals surface area contributed by atoms with Crippen molar-refractivity contribution in [3.8, 4) is 22.9 Å². The van der Waals surface area contributed by atoms with E-state index >= 15 is 0 Å². The molecule has 0 saturated heterocycles. The van der Waals surface area contributed by atoms with E-state index in [1.165, 1.54) is 4.57 Å². The Morgan fingerprint density at radius 3 is 2.50 bits per heavy atom. The second-order valence-electron chi connectivity index (χ2n) is 10.5. The SMILES string of the molecule is CCCCOc1cc2c(nc1CCCC)-c1c(c(O)c(C(=O)O)c(=O)n1Cc1ccccc1)C(C(C)C)C2. The molecule has 7 nitrogen and oxygen atoms in total. The zero-order chi connectivity index (χ0) is 27.4. The highest BCUT2D eigenvalue weighted by Crippen LogP contribution is 2.47. The average Bonchev–Trinajstić information content (AvgIpc) is 2.89. The Hall–Kier alpha value is -3.61. The number of carboxylic acids is 1. The van der Waals surface area contributed by atoms with Crippen molar-refractivity contribution in [1.29, 1.82) is 0 Å². The predicted octanol–water partition coefficient (Wildman–Crippen LogP) is 6.18. The third-order valence-corrected chi connectivity index (χ3v) is 7.38. The molecule has 1 aliphatic carbocycles. The molecular weight excluding hydrogens is 480 g/mol. The van der Waals surface area contributed by atoms with Crippen molar-refractivity contribution in [1.82, 2.24) is 9.55 Å². The Labute approximate surface area is 224 Å². The molecule has 2 heterocycles. The monoisotopic (exact) mass is 518 g/mol. The van der Waals surface area contributed by atoms with Crippen molar-refractivity contribution in [2.45, 2.75) is 78.7 Å². The summed E-state index contributed by atoms with van der Waals surface area (Å²) in [6, 6.07) is 11.5. The Morgan fingerprint density at radius 2 is 1.87 bits per heavy atom. The van der Waals surface area contributed by atoms with Crippen LogP contribution >= 0.6 is 0 Å². The van der Waals surface area contributed by atoms with Gasteiger partial charge in [0.05, 0.1) is 30.2 Å². The molecule has 202 valence electrons. The van der Waals surface area contributed by atoms with Gasteiger partial charge in [-0.25, -0.2) is 9.78 Å². The van der Waals surface area contributed by atoms with E-state index in [1.54, 1.807) is 0 Å². The van der Waals surface area contributed by atoms with E-state index in [0.29, 0.717) is 30.0 Å². The van der Waals surface area contributed by atoms with Crippen LogP contribution in [0.2, 0.25) is 0 Å². The molecule has 38 heavy (non-hydrogen) atoms. The maximum atomic E-state index is 13.7. The van der Waals surface area contributed by atoms with E-state index in [0.717, 1.165) is 54.7 Å². The summed E-state index contributed by atoms with van der Waals surface area (Å²) in [4.78, 5) is 30.9. The third kappa shape index (κ3) is 5.33. The fraction of sp³-hybridized carbons (Fsp3) is 0.452. The molecule has 7 heteroatoms. The van der Waals surface area contributed by atoms with Crippen molar-refractivity contribution in [3.05, 3.63) is 74.7 Å². The van der Waals surface area contributed by atoms with Crippen LogP contribution in [0.1, 0.15) is 92.0 Å². The van der Waals surface area contributed by atoms with Gasteiger partial charge in [-0.05, 0) is 54.7 Å².